The Labute approximate surface area is 211 Å². The van der Waals surface area contributed by atoms with Crippen LogP contribution in [-0.4, -0.2) is 61.7 Å². The molecule has 3 aliphatic carbocycles. The van der Waals surface area contributed by atoms with Gasteiger partial charge in [-0.3, -0.25) is 4.98 Å². The highest BCUT2D eigenvalue weighted by Gasteiger charge is 2.31. The highest BCUT2D eigenvalue weighted by molar-refractivity contribution is 5.41. The van der Waals surface area contributed by atoms with E-state index in [0.717, 1.165) is 57.6 Å². The molecule has 3 unspecified atom stereocenters. The molecular weight excluding hydrogens is 430 g/mol. The molecule has 6 rings (SSSR count). The van der Waals surface area contributed by atoms with E-state index in [9.17, 15) is 0 Å². The summed E-state index contributed by atoms with van der Waals surface area (Å²) in [5, 5.41) is 11.3. The van der Waals surface area contributed by atoms with Crippen molar-refractivity contribution >= 4 is 0 Å². The van der Waals surface area contributed by atoms with Crippen LogP contribution in [0.25, 0.3) is 0 Å². The SMILES string of the molecule is C1=C(CNCC2CC3=C(CCC=C3N3CCNCC3)CN2)C(C2CCc3cccnc3C2)CCC1. The first-order chi connectivity index (χ1) is 17.3. The second kappa shape index (κ2) is 11.0. The first-order valence-corrected chi connectivity index (χ1v) is 14.3. The van der Waals surface area contributed by atoms with Crippen molar-refractivity contribution in [1.82, 2.24) is 25.8 Å². The molecule has 3 atom stereocenters. The Morgan fingerprint density at radius 2 is 2.00 bits per heavy atom. The van der Waals surface area contributed by atoms with Gasteiger partial charge in [0.05, 0.1) is 0 Å². The molecule has 0 amide bonds. The van der Waals surface area contributed by atoms with E-state index >= 15 is 0 Å². The predicted octanol–water partition coefficient (Wildman–Crippen LogP) is 3.74. The zero-order chi connectivity index (χ0) is 23.5. The van der Waals surface area contributed by atoms with Crippen LogP contribution < -0.4 is 16.0 Å². The molecule has 5 nitrogen and oxygen atoms in total. The Morgan fingerprint density at radius 1 is 1.06 bits per heavy atom. The third-order valence-electron chi connectivity index (χ3n) is 9.15. The molecule has 1 aromatic heterocycles. The van der Waals surface area contributed by atoms with E-state index in [4.69, 9.17) is 4.98 Å². The molecule has 35 heavy (non-hydrogen) atoms. The highest BCUT2D eigenvalue weighted by atomic mass is 15.2. The molecule has 5 aliphatic rings. The summed E-state index contributed by atoms with van der Waals surface area (Å²) in [6, 6.07) is 4.92. The largest absolute Gasteiger partial charge is 0.369 e. The summed E-state index contributed by atoms with van der Waals surface area (Å²) >= 11 is 0. The number of nitrogens with zero attached hydrogens (tertiary/aromatic N) is 2. The number of aryl methyl sites for hydroxylation is 1. The minimum absolute atomic E-state index is 0.534. The zero-order valence-electron chi connectivity index (χ0n) is 21.3. The fourth-order valence-corrected chi connectivity index (χ4v) is 7.25. The summed E-state index contributed by atoms with van der Waals surface area (Å²) in [7, 11) is 0. The van der Waals surface area contributed by atoms with Crippen LogP contribution >= 0.6 is 0 Å². The Bertz CT molecular complexity index is 986. The number of allylic oxidation sites excluding steroid dienone is 3. The Morgan fingerprint density at radius 3 is 2.94 bits per heavy atom. The maximum Gasteiger partial charge on any atom is 0.0438 e. The average molecular weight is 474 g/mol. The molecule has 3 heterocycles. The second-order valence-corrected chi connectivity index (χ2v) is 11.3. The second-order valence-electron chi connectivity index (χ2n) is 11.3. The van der Waals surface area contributed by atoms with Crippen LogP contribution in [-0.2, 0) is 12.8 Å². The van der Waals surface area contributed by atoms with E-state index in [1.165, 1.54) is 69.0 Å². The third-order valence-corrected chi connectivity index (χ3v) is 9.15. The van der Waals surface area contributed by atoms with Crippen molar-refractivity contribution in [3.63, 3.8) is 0 Å². The summed E-state index contributed by atoms with van der Waals surface area (Å²) in [4.78, 5) is 7.36. The standard InChI is InChI=1S/C30H43N5/c1-2-8-27(23-11-10-22-7-4-12-33-29(22)17-23)24(5-1)19-32-21-26-18-28-25(20-34-26)6-3-9-30(28)35-15-13-31-14-16-35/h4-5,7,9,12,23,26-27,31-32,34H,1-3,6,8,10-11,13-21H2. The maximum atomic E-state index is 4.73. The molecule has 5 heteroatoms. The molecular formula is C30H43N5. The van der Waals surface area contributed by atoms with E-state index in [-0.39, 0.29) is 0 Å². The van der Waals surface area contributed by atoms with Gasteiger partial charge in [0.15, 0.2) is 0 Å². The molecule has 2 aliphatic heterocycles. The minimum atomic E-state index is 0.534. The van der Waals surface area contributed by atoms with Gasteiger partial charge in [-0.15, -0.1) is 0 Å². The predicted molar refractivity (Wildman–Crippen MR) is 143 cm³/mol. The zero-order valence-corrected chi connectivity index (χ0v) is 21.3. The lowest BCUT2D eigenvalue weighted by molar-refractivity contribution is 0.293. The highest BCUT2D eigenvalue weighted by Crippen LogP contribution is 2.38. The number of hydrogen-bond donors (Lipinski definition) is 3. The number of piperazine rings is 1. The summed E-state index contributed by atoms with van der Waals surface area (Å²) < 4.78 is 0. The van der Waals surface area contributed by atoms with Gasteiger partial charge in [-0.2, -0.15) is 0 Å². The van der Waals surface area contributed by atoms with E-state index in [0.29, 0.717) is 6.04 Å². The molecule has 1 saturated heterocycles. The summed E-state index contributed by atoms with van der Waals surface area (Å²) in [5.41, 5.74) is 9.40. The normalized spacial score (nSPS) is 29.3. The van der Waals surface area contributed by atoms with Gasteiger partial charge >= 0.3 is 0 Å². The van der Waals surface area contributed by atoms with Gasteiger partial charge in [0.2, 0.25) is 0 Å². The third kappa shape index (κ3) is 5.28. The fourth-order valence-electron chi connectivity index (χ4n) is 7.25. The average Bonchev–Trinajstić information content (AvgIpc) is 2.93. The van der Waals surface area contributed by atoms with Gasteiger partial charge in [-0.1, -0.05) is 29.4 Å². The summed E-state index contributed by atoms with van der Waals surface area (Å²) in [5.74, 6) is 1.50. The Kier molecular flexibility index (Phi) is 7.36. The first kappa shape index (κ1) is 23.4. The Hall–Kier alpha value is -1.95. The number of pyridine rings is 1. The molecule has 1 aromatic rings. The number of hydrogen-bond acceptors (Lipinski definition) is 5. The van der Waals surface area contributed by atoms with Crippen molar-refractivity contribution in [1.29, 1.82) is 0 Å². The van der Waals surface area contributed by atoms with Crippen LogP contribution in [0.2, 0.25) is 0 Å². The Balaban J connectivity index is 1.04. The van der Waals surface area contributed by atoms with Gasteiger partial charge in [0, 0.05) is 69.4 Å². The number of aromatic nitrogens is 1. The van der Waals surface area contributed by atoms with Crippen LogP contribution in [0.3, 0.4) is 0 Å². The van der Waals surface area contributed by atoms with Crippen LogP contribution in [0.5, 0.6) is 0 Å². The number of fused-ring (bicyclic) bond motifs is 1. The van der Waals surface area contributed by atoms with Gasteiger partial charge in [-0.25, -0.2) is 0 Å². The van der Waals surface area contributed by atoms with Crippen molar-refractivity contribution in [3.05, 3.63) is 64.2 Å². The van der Waals surface area contributed by atoms with E-state index in [1.54, 1.807) is 22.4 Å². The van der Waals surface area contributed by atoms with Crippen molar-refractivity contribution in [2.75, 3.05) is 45.8 Å². The summed E-state index contributed by atoms with van der Waals surface area (Å²) in [6.07, 6.45) is 18.3. The minimum Gasteiger partial charge on any atom is -0.369 e. The molecule has 3 N–H and O–H groups in total. The monoisotopic (exact) mass is 473 g/mol. The topological polar surface area (TPSA) is 52.2 Å². The van der Waals surface area contributed by atoms with Crippen molar-refractivity contribution in [3.8, 4) is 0 Å². The van der Waals surface area contributed by atoms with E-state index in [1.807, 2.05) is 6.20 Å². The maximum absolute atomic E-state index is 4.73. The van der Waals surface area contributed by atoms with Gasteiger partial charge < -0.3 is 20.9 Å². The van der Waals surface area contributed by atoms with Crippen molar-refractivity contribution in [2.45, 2.75) is 63.8 Å². The first-order valence-electron chi connectivity index (χ1n) is 14.3. The number of rotatable bonds is 6. The molecule has 0 radical (unpaired) electrons. The lowest BCUT2D eigenvalue weighted by Gasteiger charge is -2.39. The van der Waals surface area contributed by atoms with Crippen LogP contribution in [0, 0.1) is 11.8 Å². The molecule has 0 aromatic carbocycles. The van der Waals surface area contributed by atoms with Crippen molar-refractivity contribution < 1.29 is 0 Å². The van der Waals surface area contributed by atoms with Crippen LogP contribution in [0.15, 0.2) is 52.9 Å². The van der Waals surface area contributed by atoms with Crippen molar-refractivity contribution in [2.24, 2.45) is 11.8 Å². The van der Waals surface area contributed by atoms with Gasteiger partial charge in [0.25, 0.3) is 0 Å². The molecule has 1 fully saturated rings. The van der Waals surface area contributed by atoms with Crippen LogP contribution in [0.1, 0.15) is 56.2 Å². The lowest BCUT2D eigenvalue weighted by atomic mass is 9.72. The van der Waals surface area contributed by atoms with E-state index in [2.05, 4.69) is 45.1 Å². The fraction of sp³-hybridized carbons (Fsp3) is 0.633. The molecule has 0 spiro atoms. The lowest BCUT2D eigenvalue weighted by Crippen LogP contribution is -2.47. The molecule has 0 saturated carbocycles. The van der Waals surface area contributed by atoms with Gasteiger partial charge in [0.1, 0.15) is 0 Å². The molecule has 188 valence electrons. The smallest absolute Gasteiger partial charge is 0.0438 e. The van der Waals surface area contributed by atoms with Gasteiger partial charge in [-0.05, 0) is 86.8 Å². The summed E-state index contributed by atoms with van der Waals surface area (Å²) in [6.45, 7) is 7.71. The van der Waals surface area contributed by atoms with E-state index < -0.39 is 0 Å². The number of nitrogens with one attached hydrogen (secondary N) is 3. The van der Waals surface area contributed by atoms with Crippen LogP contribution in [0.4, 0.5) is 0 Å². The quantitative estimate of drug-likeness (QED) is 0.550. The molecule has 0 bridgehead atoms.